The second kappa shape index (κ2) is 11.1. The maximum Gasteiger partial charge on any atom is 0.416 e. The van der Waals surface area contributed by atoms with Crippen LogP contribution in [0.2, 0.25) is 0 Å². The van der Waals surface area contributed by atoms with Gasteiger partial charge in [0, 0.05) is 10.0 Å². The Bertz CT molecular complexity index is 1380. The summed E-state index contributed by atoms with van der Waals surface area (Å²) in [6.45, 7) is 0.942. The number of carbonyl (C=O) groups is 1. The first kappa shape index (κ1) is 27.2. The second-order valence-electron chi connectivity index (χ2n) is 7.55. The largest absolute Gasteiger partial charge is 0.496 e. The number of carbonyl (C=O) groups excluding carboxylic acids is 1. The van der Waals surface area contributed by atoms with Crippen molar-refractivity contribution >= 4 is 43.8 Å². The molecule has 0 radical (unpaired) electrons. The topological polar surface area (TPSA) is 88.1 Å². The van der Waals surface area contributed by atoms with Gasteiger partial charge in [-0.1, -0.05) is 39.7 Å². The van der Waals surface area contributed by atoms with Crippen LogP contribution in [0.5, 0.6) is 5.75 Å². The first-order valence-electron chi connectivity index (χ1n) is 10.3. The number of ether oxygens (including phenoxy) is 1. The molecule has 190 valence electrons. The van der Waals surface area contributed by atoms with E-state index in [1.165, 1.54) is 31.5 Å². The highest BCUT2D eigenvalue weighted by molar-refractivity contribution is 9.10. The van der Waals surface area contributed by atoms with Gasteiger partial charge in [0.2, 0.25) is 0 Å². The molecule has 3 aromatic carbocycles. The number of methoxy groups -OCH3 is 1. The third-order valence-corrected chi connectivity index (χ3v) is 7.22. The Morgan fingerprint density at radius 1 is 1.11 bits per heavy atom. The lowest BCUT2D eigenvalue weighted by Gasteiger charge is -2.24. The van der Waals surface area contributed by atoms with Crippen molar-refractivity contribution in [3.05, 3.63) is 87.9 Å². The van der Waals surface area contributed by atoms with Gasteiger partial charge in [-0.2, -0.15) is 18.3 Å². The van der Waals surface area contributed by atoms with Gasteiger partial charge in [-0.25, -0.2) is 13.8 Å². The normalized spacial score (nSPS) is 11.9. The van der Waals surface area contributed by atoms with E-state index in [1.54, 1.807) is 37.3 Å². The number of hydrazone groups is 1. The standard InChI is InChI=1S/C24H21BrF3N3O4S/c1-16-6-9-21(10-7-16)36(33,34)31(20-5-3-4-18(13-20)24(26,27)28)15-23(32)30-29-14-17-12-19(25)8-11-22(17)35-2/h3-14H,15H2,1-2H3,(H,30,32)/b29-14-. The maximum atomic E-state index is 13.4. The lowest BCUT2D eigenvalue weighted by atomic mass is 10.2. The van der Waals surface area contributed by atoms with E-state index in [0.29, 0.717) is 21.7 Å². The molecule has 0 unspecified atom stereocenters. The van der Waals surface area contributed by atoms with E-state index in [1.807, 2.05) is 0 Å². The molecular formula is C24H21BrF3N3O4S. The van der Waals surface area contributed by atoms with Crippen molar-refractivity contribution < 1.29 is 31.1 Å². The van der Waals surface area contributed by atoms with Gasteiger partial charge in [-0.05, 0) is 55.5 Å². The summed E-state index contributed by atoms with van der Waals surface area (Å²) in [5.41, 5.74) is 2.15. The summed E-state index contributed by atoms with van der Waals surface area (Å²) in [5.74, 6) is -0.392. The highest BCUT2D eigenvalue weighted by atomic mass is 79.9. The predicted molar refractivity (Wildman–Crippen MR) is 134 cm³/mol. The Morgan fingerprint density at radius 3 is 2.44 bits per heavy atom. The molecule has 0 saturated carbocycles. The fraction of sp³-hybridized carbons (Fsp3) is 0.167. The van der Waals surface area contributed by atoms with E-state index in [9.17, 15) is 26.4 Å². The number of benzene rings is 3. The minimum absolute atomic E-state index is 0.180. The molecule has 0 aliphatic heterocycles. The zero-order chi connectivity index (χ0) is 26.5. The maximum absolute atomic E-state index is 13.4. The van der Waals surface area contributed by atoms with E-state index in [0.717, 1.165) is 22.2 Å². The van der Waals surface area contributed by atoms with Crippen LogP contribution < -0.4 is 14.5 Å². The van der Waals surface area contributed by atoms with Gasteiger partial charge in [0.1, 0.15) is 12.3 Å². The number of rotatable bonds is 8. The van der Waals surface area contributed by atoms with Crippen LogP contribution in [0.1, 0.15) is 16.7 Å². The number of hydrogen-bond donors (Lipinski definition) is 1. The molecule has 0 aliphatic carbocycles. The average Bonchev–Trinajstić information content (AvgIpc) is 2.82. The van der Waals surface area contributed by atoms with Crippen molar-refractivity contribution in [2.24, 2.45) is 5.10 Å². The van der Waals surface area contributed by atoms with Crippen LogP contribution in [0.3, 0.4) is 0 Å². The molecule has 0 saturated heterocycles. The summed E-state index contributed by atoms with van der Waals surface area (Å²) in [4.78, 5) is 12.5. The third kappa shape index (κ3) is 6.64. The van der Waals surface area contributed by atoms with E-state index in [-0.39, 0.29) is 10.6 Å². The van der Waals surface area contributed by atoms with Gasteiger partial charge in [0.05, 0.1) is 29.5 Å². The summed E-state index contributed by atoms with van der Waals surface area (Å²) in [7, 11) is -2.93. The Labute approximate surface area is 214 Å². The van der Waals surface area contributed by atoms with Crippen LogP contribution in [0.15, 0.2) is 81.2 Å². The molecule has 3 aromatic rings. The number of nitrogens with zero attached hydrogens (tertiary/aromatic N) is 2. The number of aryl methyl sites for hydroxylation is 1. The molecule has 7 nitrogen and oxygen atoms in total. The Morgan fingerprint density at radius 2 is 1.81 bits per heavy atom. The number of halogens is 4. The zero-order valence-corrected chi connectivity index (χ0v) is 21.5. The molecule has 0 bridgehead atoms. The minimum Gasteiger partial charge on any atom is -0.496 e. The monoisotopic (exact) mass is 583 g/mol. The number of sulfonamides is 1. The summed E-state index contributed by atoms with van der Waals surface area (Å²) < 4.78 is 73.2. The molecular weight excluding hydrogens is 563 g/mol. The number of amides is 1. The number of alkyl halides is 3. The van der Waals surface area contributed by atoms with Crippen LogP contribution in [-0.2, 0) is 21.0 Å². The molecule has 0 spiro atoms. The highest BCUT2D eigenvalue weighted by Crippen LogP contribution is 2.33. The van der Waals surface area contributed by atoms with E-state index < -0.39 is 34.2 Å². The van der Waals surface area contributed by atoms with E-state index >= 15 is 0 Å². The molecule has 1 amide bonds. The first-order valence-corrected chi connectivity index (χ1v) is 12.6. The van der Waals surface area contributed by atoms with Crippen LogP contribution >= 0.6 is 15.9 Å². The van der Waals surface area contributed by atoms with Crippen LogP contribution in [0.25, 0.3) is 0 Å². The van der Waals surface area contributed by atoms with Crippen molar-refractivity contribution in [2.45, 2.75) is 18.0 Å². The molecule has 0 aromatic heterocycles. The fourth-order valence-electron chi connectivity index (χ4n) is 3.14. The summed E-state index contributed by atoms with van der Waals surface area (Å²) in [6.07, 6.45) is -3.41. The van der Waals surface area contributed by atoms with Crippen LogP contribution in [-0.4, -0.2) is 34.2 Å². The molecule has 12 heteroatoms. The van der Waals surface area contributed by atoms with Crippen molar-refractivity contribution in [3.8, 4) is 5.75 Å². The van der Waals surface area contributed by atoms with Crippen molar-refractivity contribution in [2.75, 3.05) is 18.0 Å². The predicted octanol–water partition coefficient (Wildman–Crippen LogP) is 5.13. The Hall–Kier alpha value is -3.38. The fourth-order valence-corrected chi connectivity index (χ4v) is 4.93. The highest BCUT2D eigenvalue weighted by Gasteiger charge is 2.33. The minimum atomic E-state index is -4.70. The average molecular weight is 584 g/mol. The molecule has 0 fully saturated rings. The van der Waals surface area contributed by atoms with Crippen molar-refractivity contribution in [1.82, 2.24) is 5.43 Å². The van der Waals surface area contributed by atoms with Crippen molar-refractivity contribution in [1.29, 1.82) is 0 Å². The molecule has 3 rings (SSSR count). The summed E-state index contributed by atoms with van der Waals surface area (Å²) >= 11 is 3.32. The molecule has 0 aliphatic rings. The Kier molecular flexibility index (Phi) is 8.41. The van der Waals surface area contributed by atoms with E-state index in [4.69, 9.17) is 4.74 Å². The smallest absolute Gasteiger partial charge is 0.416 e. The number of nitrogens with one attached hydrogen (secondary N) is 1. The second-order valence-corrected chi connectivity index (χ2v) is 10.3. The van der Waals surface area contributed by atoms with Gasteiger partial charge >= 0.3 is 6.18 Å². The Balaban J connectivity index is 1.92. The number of anilines is 1. The lowest BCUT2D eigenvalue weighted by Crippen LogP contribution is -2.39. The molecule has 0 heterocycles. The summed E-state index contributed by atoms with van der Waals surface area (Å²) in [5, 5.41) is 3.83. The third-order valence-electron chi connectivity index (χ3n) is 4.94. The SMILES string of the molecule is COc1ccc(Br)cc1/C=N\NC(=O)CN(c1cccc(C(F)(F)F)c1)S(=O)(=O)c1ccc(C)cc1. The van der Waals surface area contributed by atoms with Gasteiger partial charge in [-0.15, -0.1) is 0 Å². The molecule has 0 atom stereocenters. The summed E-state index contributed by atoms with van der Waals surface area (Å²) in [6, 6.07) is 14.6. The van der Waals surface area contributed by atoms with Crippen molar-refractivity contribution in [3.63, 3.8) is 0 Å². The van der Waals surface area contributed by atoms with Crippen LogP contribution in [0, 0.1) is 6.92 Å². The number of hydrogen-bond acceptors (Lipinski definition) is 5. The van der Waals surface area contributed by atoms with E-state index in [2.05, 4.69) is 26.5 Å². The van der Waals surface area contributed by atoms with Gasteiger partial charge in [0.25, 0.3) is 15.9 Å². The zero-order valence-electron chi connectivity index (χ0n) is 19.1. The van der Waals surface area contributed by atoms with Gasteiger partial charge in [-0.3, -0.25) is 9.10 Å². The quantitative estimate of drug-likeness (QED) is 0.294. The molecule has 1 N–H and O–H groups in total. The lowest BCUT2D eigenvalue weighted by molar-refractivity contribution is -0.137. The van der Waals surface area contributed by atoms with Gasteiger partial charge in [0.15, 0.2) is 0 Å². The van der Waals surface area contributed by atoms with Gasteiger partial charge < -0.3 is 4.74 Å². The molecule has 36 heavy (non-hydrogen) atoms. The first-order chi connectivity index (χ1) is 16.9. The van der Waals surface area contributed by atoms with Crippen LogP contribution in [0.4, 0.5) is 18.9 Å².